The Labute approximate surface area is 200 Å². The number of amidine groups is 1. The van der Waals surface area contributed by atoms with Crippen LogP contribution >= 0.6 is 11.6 Å². The lowest BCUT2D eigenvalue weighted by molar-refractivity contribution is 0.185. The molecule has 0 spiro atoms. The van der Waals surface area contributed by atoms with E-state index in [9.17, 15) is 0 Å². The van der Waals surface area contributed by atoms with Gasteiger partial charge in [-0.3, -0.25) is 0 Å². The summed E-state index contributed by atoms with van der Waals surface area (Å²) in [5, 5.41) is 0.757. The van der Waals surface area contributed by atoms with Gasteiger partial charge in [0.15, 0.2) is 5.76 Å². The Bertz CT molecular complexity index is 1230. The third kappa shape index (κ3) is 4.67. The fourth-order valence-electron chi connectivity index (χ4n) is 4.23. The molecule has 0 saturated heterocycles. The highest BCUT2D eigenvalue weighted by atomic mass is 35.5. The van der Waals surface area contributed by atoms with Crippen LogP contribution in [0.2, 0.25) is 5.02 Å². The molecule has 0 saturated carbocycles. The molecule has 166 valence electrons. The van der Waals surface area contributed by atoms with Gasteiger partial charge in [-0.15, -0.1) is 0 Å². The second-order valence-corrected chi connectivity index (χ2v) is 8.68. The molecular weight excluding hydrogens is 430 g/mol. The number of rotatable bonds is 6. The molecule has 33 heavy (non-hydrogen) atoms. The summed E-state index contributed by atoms with van der Waals surface area (Å²) in [4.78, 5) is 9.33. The fourth-order valence-corrected chi connectivity index (χ4v) is 4.47. The smallest absolute Gasteiger partial charge is 0.163 e. The van der Waals surface area contributed by atoms with Crippen molar-refractivity contribution in [1.29, 1.82) is 0 Å². The van der Waals surface area contributed by atoms with Crippen LogP contribution in [0.3, 0.4) is 0 Å². The largest absolute Gasteiger partial charge is 0.485 e. The minimum Gasteiger partial charge on any atom is -0.485 e. The van der Waals surface area contributed by atoms with Crippen LogP contribution in [-0.2, 0) is 17.8 Å². The number of benzene rings is 3. The molecule has 2 aliphatic heterocycles. The first-order chi connectivity index (χ1) is 16.2. The maximum absolute atomic E-state index is 6.52. The number of fused-ring (bicyclic) bond motifs is 1. The Morgan fingerprint density at radius 1 is 0.879 bits per heavy atom. The molecule has 0 atom stereocenters. The van der Waals surface area contributed by atoms with Gasteiger partial charge >= 0.3 is 0 Å². The van der Waals surface area contributed by atoms with Crippen LogP contribution in [0, 0.1) is 0 Å². The maximum atomic E-state index is 6.52. The number of hydrogen-bond donors (Lipinski definition) is 0. The Hall–Kier alpha value is -3.50. The molecule has 0 fully saturated rings. The van der Waals surface area contributed by atoms with Gasteiger partial charge in [-0.25, -0.2) is 4.99 Å². The van der Waals surface area contributed by atoms with E-state index in [0.717, 1.165) is 52.1 Å². The first kappa shape index (κ1) is 21.4. The zero-order valence-electron chi connectivity index (χ0n) is 18.6. The summed E-state index contributed by atoms with van der Waals surface area (Å²) < 4.78 is 6.19. The number of ether oxygens (including phenoxy) is 1. The van der Waals surface area contributed by atoms with Crippen LogP contribution in [-0.4, -0.2) is 35.8 Å². The minimum absolute atomic E-state index is 0.516. The van der Waals surface area contributed by atoms with Crippen LogP contribution < -0.4 is 0 Å². The summed E-state index contributed by atoms with van der Waals surface area (Å²) in [5.74, 6) is 1.81. The van der Waals surface area contributed by atoms with Gasteiger partial charge in [0, 0.05) is 43.3 Å². The molecule has 2 heterocycles. The van der Waals surface area contributed by atoms with Crippen LogP contribution in [0.25, 0.3) is 11.1 Å². The molecule has 0 aliphatic carbocycles. The van der Waals surface area contributed by atoms with Gasteiger partial charge in [0.1, 0.15) is 18.1 Å². The van der Waals surface area contributed by atoms with E-state index in [0.29, 0.717) is 13.0 Å². The van der Waals surface area contributed by atoms with Crippen LogP contribution in [0.15, 0.2) is 108 Å². The summed E-state index contributed by atoms with van der Waals surface area (Å²) in [5.41, 5.74) is 5.58. The quantitative estimate of drug-likeness (QED) is 0.449. The topological polar surface area (TPSA) is 28.1 Å². The van der Waals surface area contributed by atoms with Gasteiger partial charge in [0.2, 0.25) is 0 Å². The van der Waals surface area contributed by atoms with Crippen LogP contribution in [0.5, 0.6) is 0 Å². The first-order valence-electron chi connectivity index (χ1n) is 11.2. The van der Waals surface area contributed by atoms with E-state index in [1.807, 2.05) is 42.6 Å². The fraction of sp³-hybridized carbons (Fsp3) is 0.179. The highest BCUT2D eigenvalue weighted by molar-refractivity contribution is 6.33. The molecule has 0 radical (unpaired) electrons. The van der Waals surface area contributed by atoms with Gasteiger partial charge in [-0.2, -0.15) is 0 Å². The van der Waals surface area contributed by atoms with E-state index in [-0.39, 0.29) is 0 Å². The summed E-state index contributed by atoms with van der Waals surface area (Å²) in [7, 11) is 2.09. The zero-order chi connectivity index (χ0) is 22.6. The molecule has 0 amide bonds. The number of hydrogen-bond acceptors (Lipinski definition) is 4. The normalized spacial score (nSPS) is 15.4. The summed E-state index contributed by atoms with van der Waals surface area (Å²) >= 11 is 6.52. The lowest BCUT2D eigenvalue weighted by Crippen LogP contribution is -2.43. The molecule has 3 aromatic rings. The monoisotopic (exact) mass is 455 g/mol. The SMILES string of the molecule is CN1C=C2C(OCc3ccccc3)=CN=C(Cc3ccccc3-c3ccccc3Cl)N2CC1. The Kier molecular flexibility index (Phi) is 6.18. The Balaban J connectivity index is 1.45. The maximum Gasteiger partial charge on any atom is 0.163 e. The lowest BCUT2D eigenvalue weighted by atomic mass is 9.96. The minimum atomic E-state index is 0.516. The standard InChI is InChI=1S/C28H26ClN3O/c1-31-15-16-32-26(19-31)27(33-20-21-9-3-2-4-10-21)18-30-28(32)17-22-11-5-6-12-23(22)24-13-7-8-14-25(24)29/h2-14,18-19H,15-17,20H2,1H3. The molecule has 3 aromatic carbocycles. The van der Waals surface area contributed by atoms with Gasteiger partial charge in [0.25, 0.3) is 0 Å². The predicted molar refractivity (Wildman–Crippen MR) is 135 cm³/mol. The number of halogens is 1. The van der Waals surface area contributed by atoms with Crippen molar-refractivity contribution in [3.8, 4) is 11.1 Å². The van der Waals surface area contributed by atoms with E-state index in [1.165, 1.54) is 5.56 Å². The molecule has 0 aromatic heterocycles. The third-order valence-corrected chi connectivity index (χ3v) is 6.30. The van der Waals surface area contributed by atoms with E-state index < -0.39 is 0 Å². The highest BCUT2D eigenvalue weighted by Gasteiger charge is 2.28. The van der Waals surface area contributed by atoms with E-state index in [4.69, 9.17) is 21.3 Å². The molecule has 0 bridgehead atoms. The van der Waals surface area contributed by atoms with Crippen molar-refractivity contribution in [3.05, 3.63) is 119 Å². The van der Waals surface area contributed by atoms with Gasteiger partial charge in [0.05, 0.1) is 6.20 Å². The molecule has 0 N–H and O–H groups in total. The predicted octanol–water partition coefficient (Wildman–Crippen LogP) is 6.11. The second-order valence-electron chi connectivity index (χ2n) is 8.27. The summed E-state index contributed by atoms with van der Waals surface area (Å²) in [6.45, 7) is 2.31. The van der Waals surface area contributed by atoms with E-state index in [1.54, 1.807) is 0 Å². The van der Waals surface area contributed by atoms with Crippen molar-refractivity contribution in [3.63, 3.8) is 0 Å². The zero-order valence-corrected chi connectivity index (χ0v) is 19.4. The molecule has 4 nitrogen and oxygen atoms in total. The van der Waals surface area contributed by atoms with Gasteiger partial charge in [-0.1, -0.05) is 84.4 Å². The molecular formula is C28H26ClN3O. The van der Waals surface area contributed by atoms with Crippen molar-refractivity contribution in [2.75, 3.05) is 20.1 Å². The van der Waals surface area contributed by atoms with Crippen LogP contribution in [0.4, 0.5) is 0 Å². The van der Waals surface area contributed by atoms with E-state index >= 15 is 0 Å². The average molecular weight is 456 g/mol. The highest BCUT2D eigenvalue weighted by Crippen LogP contribution is 2.32. The third-order valence-electron chi connectivity index (χ3n) is 5.97. The Morgan fingerprint density at radius 3 is 2.42 bits per heavy atom. The van der Waals surface area contributed by atoms with Crippen LogP contribution in [0.1, 0.15) is 11.1 Å². The van der Waals surface area contributed by atoms with E-state index in [2.05, 4.69) is 65.5 Å². The van der Waals surface area contributed by atoms with Gasteiger partial charge < -0.3 is 14.5 Å². The molecule has 0 unspecified atom stereocenters. The summed E-state index contributed by atoms with van der Waals surface area (Å²) in [6.07, 6.45) is 4.72. The number of aliphatic imine (C=N–C) groups is 1. The van der Waals surface area contributed by atoms with Crippen molar-refractivity contribution in [1.82, 2.24) is 9.80 Å². The molecule has 2 aliphatic rings. The summed E-state index contributed by atoms with van der Waals surface area (Å²) in [6, 6.07) is 26.6. The van der Waals surface area contributed by atoms with Crippen molar-refractivity contribution >= 4 is 17.4 Å². The van der Waals surface area contributed by atoms with Crippen molar-refractivity contribution in [2.45, 2.75) is 13.0 Å². The van der Waals surface area contributed by atoms with Crippen molar-refractivity contribution < 1.29 is 4.74 Å². The Morgan fingerprint density at radius 2 is 1.61 bits per heavy atom. The first-order valence-corrected chi connectivity index (χ1v) is 11.5. The van der Waals surface area contributed by atoms with Gasteiger partial charge in [-0.05, 0) is 22.8 Å². The second kappa shape index (κ2) is 9.55. The number of likely N-dealkylation sites (N-methyl/N-ethyl adjacent to an activating group) is 1. The molecule has 5 rings (SSSR count). The van der Waals surface area contributed by atoms with Crippen molar-refractivity contribution in [2.24, 2.45) is 4.99 Å². The molecule has 5 heteroatoms. The lowest BCUT2D eigenvalue weighted by Gasteiger charge is -2.37. The number of nitrogens with zero attached hydrogens (tertiary/aromatic N) is 3. The average Bonchev–Trinajstić information content (AvgIpc) is 2.85.